The number of hydrogen-bond acceptors (Lipinski definition) is 16. The van der Waals surface area contributed by atoms with Crippen LogP contribution in [0.4, 0.5) is 0 Å². The van der Waals surface area contributed by atoms with Crippen LogP contribution in [-0.2, 0) is 66.5 Å². The van der Waals surface area contributed by atoms with E-state index in [-0.39, 0.29) is 13.2 Å². The average molecular weight is 821 g/mol. The van der Waals surface area contributed by atoms with Crippen LogP contribution in [0.15, 0.2) is 91.0 Å². The zero-order valence-corrected chi connectivity index (χ0v) is 33.5. The predicted octanol–water partition coefficient (Wildman–Crippen LogP) is 4.47. The number of rotatable bonds is 10. The molecule has 3 aromatic carbocycles. The van der Waals surface area contributed by atoms with Crippen LogP contribution in [0.3, 0.4) is 0 Å². The molecule has 3 heterocycles. The van der Waals surface area contributed by atoms with E-state index in [0.717, 1.165) is 5.56 Å². The van der Waals surface area contributed by atoms with E-state index in [2.05, 4.69) is 0 Å². The van der Waals surface area contributed by atoms with Crippen LogP contribution in [-0.4, -0.2) is 110 Å². The van der Waals surface area contributed by atoms with Gasteiger partial charge in [-0.05, 0) is 38.1 Å². The van der Waals surface area contributed by atoms with Crippen molar-refractivity contribution in [2.75, 3.05) is 13.2 Å². The van der Waals surface area contributed by atoms with Crippen LogP contribution in [0.5, 0.6) is 0 Å². The molecule has 3 saturated heterocycles. The first-order chi connectivity index (χ1) is 28.2. The molecule has 316 valence electrons. The molecule has 6 rings (SSSR count). The molecule has 16 heteroatoms. The molecule has 0 spiro atoms. The second-order valence-electron chi connectivity index (χ2n) is 13.9. The Morgan fingerprint density at radius 1 is 0.525 bits per heavy atom. The van der Waals surface area contributed by atoms with Crippen molar-refractivity contribution >= 4 is 35.8 Å². The van der Waals surface area contributed by atoms with Crippen molar-refractivity contribution in [3.63, 3.8) is 0 Å². The van der Waals surface area contributed by atoms with Crippen LogP contribution in [0.1, 0.15) is 74.1 Å². The van der Waals surface area contributed by atoms with Gasteiger partial charge in [-0.3, -0.25) is 19.2 Å². The summed E-state index contributed by atoms with van der Waals surface area (Å²) in [4.78, 5) is 71.2. The summed E-state index contributed by atoms with van der Waals surface area (Å²) in [6.07, 6.45) is -8.90. The lowest BCUT2D eigenvalue weighted by Gasteiger charge is -2.47. The van der Waals surface area contributed by atoms with Crippen LogP contribution < -0.4 is 0 Å². The molecule has 0 aliphatic carbocycles. The molecule has 0 aromatic heterocycles. The molecular weight excluding hydrogens is 772 g/mol. The van der Waals surface area contributed by atoms with Gasteiger partial charge in [-0.15, -0.1) is 0 Å². The highest BCUT2D eigenvalue weighted by molar-refractivity contribution is 5.90. The highest BCUT2D eigenvalue weighted by Gasteiger charge is 2.53. The Balaban J connectivity index is 0.000000243. The highest BCUT2D eigenvalue weighted by atomic mass is 16.7. The first-order valence-corrected chi connectivity index (χ1v) is 19.0. The van der Waals surface area contributed by atoms with E-state index in [0.29, 0.717) is 11.1 Å². The van der Waals surface area contributed by atoms with Gasteiger partial charge in [0, 0.05) is 33.3 Å². The molecule has 0 radical (unpaired) electrons. The van der Waals surface area contributed by atoms with E-state index < -0.39 is 103 Å². The third-order valence-corrected chi connectivity index (χ3v) is 9.36. The molecule has 11 atom stereocenters. The number of carbonyl (C=O) groups is 6. The topological polar surface area (TPSA) is 195 Å². The van der Waals surface area contributed by atoms with E-state index in [9.17, 15) is 28.8 Å². The first kappa shape index (κ1) is 44.4. The Hall–Kier alpha value is -5.68. The maximum Gasteiger partial charge on any atom is 0.338 e. The lowest BCUT2D eigenvalue weighted by molar-refractivity contribution is -0.325. The number of fused-ring (bicyclic) bond motifs is 1. The standard InChI is InChI=1S/C28H26O7.C15H22O9/c1-18-23(33-26(29)19-11-5-2-6-12-19)25(34-27(30)20-13-7-3-8-14-20)24-22(32-18)17-31-28(35-24)21-15-9-4-10-16-21;1-7-13(22-9(3)17)15(24-11(5)19)14(23-10(4)18)12(21-7)6-20-8(2)16/h2-16,18,22-25,28H,17H2,1H3;7,12-15H,6H2,1-5H3. The molecular formula is C43H48O16. The Morgan fingerprint density at radius 2 is 0.983 bits per heavy atom. The van der Waals surface area contributed by atoms with Crippen LogP contribution in [0.2, 0.25) is 0 Å². The molecule has 11 unspecified atom stereocenters. The fourth-order valence-electron chi connectivity index (χ4n) is 6.82. The Bertz CT molecular complexity index is 1890. The number of esters is 6. The van der Waals surface area contributed by atoms with Crippen LogP contribution in [0, 0.1) is 0 Å². The lowest BCUT2D eigenvalue weighted by atomic mass is 9.94. The zero-order valence-electron chi connectivity index (χ0n) is 33.5. The molecule has 0 saturated carbocycles. The normalized spacial score (nSPS) is 28.5. The monoisotopic (exact) mass is 820 g/mol. The highest BCUT2D eigenvalue weighted by Crippen LogP contribution is 2.37. The van der Waals surface area contributed by atoms with Gasteiger partial charge in [0.15, 0.2) is 36.8 Å². The summed E-state index contributed by atoms with van der Waals surface area (Å²) >= 11 is 0. The maximum atomic E-state index is 13.1. The maximum absolute atomic E-state index is 13.1. The molecule has 0 amide bonds. The second-order valence-corrected chi connectivity index (χ2v) is 13.9. The fraction of sp³-hybridized carbons (Fsp3) is 0.442. The molecule has 3 aliphatic rings. The second kappa shape index (κ2) is 20.8. The van der Waals surface area contributed by atoms with Gasteiger partial charge in [0.25, 0.3) is 0 Å². The van der Waals surface area contributed by atoms with Crippen molar-refractivity contribution in [3.05, 3.63) is 108 Å². The molecule has 3 fully saturated rings. The SMILES string of the molecule is CC(=O)OCC1OC(C)C(OC(C)=O)C(OC(C)=O)C1OC(C)=O.CC1OC2COC(c3ccccc3)OC2C(OC(=O)c2ccccc2)C1OC(=O)c1ccccc1. The van der Waals surface area contributed by atoms with Gasteiger partial charge < -0.3 is 47.4 Å². The van der Waals surface area contributed by atoms with Gasteiger partial charge in [0.05, 0.1) is 29.9 Å². The summed E-state index contributed by atoms with van der Waals surface area (Å²) in [7, 11) is 0. The number of hydrogen-bond donors (Lipinski definition) is 0. The third-order valence-electron chi connectivity index (χ3n) is 9.36. The molecule has 0 N–H and O–H groups in total. The number of benzene rings is 3. The summed E-state index contributed by atoms with van der Waals surface area (Å²) in [6, 6.07) is 26.8. The van der Waals surface area contributed by atoms with Gasteiger partial charge in [-0.2, -0.15) is 0 Å². The van der Waals surface area contributed by atoms with E-state index in [1.165, 1.54) is 27.7 Å². The first-order valence-electron chi connectivity index (χ1n) is 19.0. The van der Waals surface area contributed by atoms with Gasteiger partial charge >= 0.3 is 35.8 Å². The minimum Gasteiger partial charge on any atom is -0.463 e. The lowest BCUT2D eigenvalue weighted by Crippen LogP contribution is -2.63. The Morgan fingerprint density at radius 3 is 1.51 bits per heavy atom. The van der Waals surface area contributed by atoms with Gasteiger partial charge in [-0.25, -0.2) is 9.59 Å². The summed E-state index contributed by atoms with van der Waals surface area (Å²) in [6.45, 7) is 8.20. The fourth-order valence-corrected chi connectivity index (χ4v) is 6.82. The van der Waals surface area contributed by atoms with Crippen LogP contribution >= 0.6 is 0 Å². The van der Waals surface area contributed by atoms with Crippen molar-refractivity contribution in [3.8, 4) is 0 Å². The molecule has 3 aromatic rings. The van der Waals surface area contributed by atoms with Crippen molar-refractivity contribution in [2.45, 2.75) is 109 Å². The smallest absolute Gasteiger partial charge is 0.338 e. The minimum absolute atomic E-state index is 0.206. The summed E-state index contributed by atoms with van der Waals surface area (Å²) < 4.78 is 56.3. The predicted molar refractivity (Wildman–Crippen MR) is 203 cm³/mol. The molecule has 0 bridgehead atoms. The van der Waals surface area contributed by atoms with E-state index >= 15 is 0 Å². The summed E-state index contributed by atoms with van der Waals surface area (Å²) in [5, 5.41) is 0. The minimum atomic E-state index is -1.09. The molecule has 3 aliphatic heterocycles. The molecule has 16 nitrogen and oxygen atoms in total. The van der Waals surface area contributed by atoms with Crippen molar-refractivity contribution < 1.29 is 76.1 Å². The molecule has 59 heavy (non-hydrogen) atoms. The van der Waals surface area contributed by atoms with E-state index in [4.69, 9.17) is 47.4 Å². The van der Waals surface area contributed by atoms with Crippen molar-refractivity contribution in [2.24, 2.45) is 0 Å². The van der Waals surface area contributed by atoms with Gasteiger partial charge in [-0.1, -0.05) is 66.7 Å². The third kappa shape index (κ3) is 12.2. The number of carbonyl (C=O) groups excluding carboxylic acids is 6. The van der Waals surface area contributed by atoms with Crippen molar-refractivity contribution in [1.29, 1.82) is 0 Å². The van der Waals surface area contributed by atoms with E-state index in [1.54, 1.807) is 62.4 Å². The average Bonchev–Trinajstić information content (AvgIpc) is 3.21. The van der Waals surface area contributed by atoms with Crippen molar-refractivity contribution in [1.82, 2.24) is 0 Å². The zero-order chi connectivity index (χ0) is 42.6. The van der Waals surface area contributed by atoms with E-state index in [1.807, 2.05) is 42.5 Å². The Labute approximate surface area is 341 Å². The van der Waals surface area contributed by atoms with Crippen LogP contribution in [0.25, 0.3) is 0 Å². The van der Waals surface area contributed by atoms with Gasteiger partial charge in [0.1, 0.15) is 24.9 Å². The quantitative estimate of drug-likeness (QED) is 0.205. The summed E-state index contributed by atoms with van der Waals surface area (Å²) in [5.74, 6) is -3.50. The largest absolute Gasteiger partial charge is 0.463 e. The Kier molecular flexibility index (Phi) is 15.7. The van der Waals surface area contributed by atoms with Gasteiger partial charge in [0.2, 0.25) is 0 Å². The number of ether oxygens (including phenoxy) is 10. The summed E-state index contributed by atoms with van der Waals surface area (Å²) in [5.41, 5.74) is 1.61.